The Hall–Kier alpha value is -0.0600. The topological polar surface area (TPSA) is 21.1 Å². The van der Waals surface area contributed by atoms with Gasteiger partial charge in [0, 0.05) is 17.8 Å². The van der Waals surface area contributed by atoms with Crippen LogP contribution in [0.2, 0.25) is 0 Å². The summed E-state index contributed by atoms with van der Waals surface area (Å²) >= 11 is 9.99. The maximum absolute atomic E-state index is 6.35. The zero-order valence-electron chi connectivity index (χ0n) is 11.2. The lowest BCUT2D eigenvalue weighted by Gasteiger charge is -2.20. The van der Waals surface area contributed by atoms with Crippen LogP contribution in [0, 0.1) is 5.92 Å². The number of hydrogen-bond acceptors (Lipinski definition) is 2. The van der Waals surface area contributed by atoms with Crippen LogP contribution in [0.3, 0.4) is 0 Å². The lowest BCUT2D eigenvalue weighted by Crippen LogP contribution is -2.22. The van der Waals surface area contributed by atoms with E-state index in [1.807, 2.05) is 6.20 Å². The van der Waals surface area contributed by atoms with Crippen LogP contribution in [0.4, 0.5) is 0 Å². The molecule has 3 unspecified atom stereocenters. The molecular formula is C13H21BrClN3. The summed E-state index contributed by atoms with van der Waals surface area (Å²) in [5, 5.41) is 4.80. The first-order valence-corrected chi connectivity index (χ1v) is 7.73. The largest absolute Gasteiger partial charge is 0.308 e. The van der Waals surface area contributed by atoms with E-state index in [2.05, 4.69) is 51.6 Å². The van der Waals surface area contributed by atoms with Crippen LogP contribution < -0.4 is 0 Å². The van der Waals surface area contributed by atoms with E-state index < -0.39 is 0 Å². The summed E-state index contributed by atoms with van der Waals surface area (Å²) in [6, 6.07) is 0. The van der Waals surface area contributed by atoms with Crippen molar-refractivity contribution in [3.05, 3.63) is 16.4 Å². The zero-order valence-corrected chi connectivity index (χ0v) is 13.6. The minimum absolute atomic E-state index is 0.305. The fourth-order valence-electron chi connectivity index (χ4n) is 2.72. The van der Waals surface area contributed by atoms with E-state index in [4.69, 9.17) is 11.6 Å². The molecule has 0 aromatic carbocycles. The van der Waals surface area contributed by atoms with Crippen LogP contribution in [0.15, 0.2) is 10.7 Å². The fraction of sp³-hybridized carbons (Fsp3) is 0.769. The lowest BCUT2D eigenvalue weighted by molar-refractivity contribution is 0.362. The van der Waals surface area contributed by atoms with E-state index in [1.54, 1.807) is 0 Å². The fourth-order valence-corrected chi connectivity index (χ4v) is 3.61. The van der Waals surface area contributed by atoms with Gasteiger partial charge in [0.25, 0.3) is 0 Å². The van der Waals surface area contributed by atoms with Crippen molar-refractivity contribution < 1.29 is 0 Å². The maximum atomic E-state index is 6.35. The SMILES string of the molecule is CC1C(Cl)CCC1c1c(Br)cnn1CCN(C)C. The molecule has 0 radical (unpaired) electrons. The van der Waals surface area contributed by atoms with Gasteiger partial charge in [0.1, 0.15) is 0 Å². The number of halogens is 2. The first-order valence-electron chi connectivity index (χ1n) is 6.50. The molecule has 2 rings (SSSR count). The molecular weight excluding hydrogens is 314 g/mol. The van der Waals surface area contributed by atoms with Crippen molar-refractivity contribution in [3.8, 4) is 0 Å². The van der Waals surface area contributed by atoms with Crippen molar-refractivity contribution in [2.24, 2.45) is 5.92 Å². The van der Waals surface area contributed by atoms with Crippen LogP contribution >= 0.6 is 27.5 Å². The van der Waals surface area contributed by atoms with Crippen molar-refractivity contribution in [1.29, 1.82) is 0 Å². The van der Waals surface area contributed by atoms with Crippen LogP contribution in [-0.4, -0.2) is 40.7 Å². The maximum Gasteiger partial charge on any atom is 0.0635 e. The smallest absolute Gasteiger partial charge is 0.0635 e. The molecule has 1 aromatic heterocycles. The third kappa shape index (κ3) is 2.91. The van der Waals surface area contributed by atoms with Crippen molar-refractivity contribution in [2.45, 2.75) is 37.6 Å². The summed E-state index contributed by atoms with van der Waals surface area (Å²) in [5.74, 6) is 1.06. The summed E-state index contributed by atoms with van der Waals surface area (Å²) in [7, 11) is 4.18. The van der Waals surface area contributed by atoms with Crippen LogP contribution in [0.25, 0.3) is 0 Å². The van der Waals surface area contributed by atoms with Crippen LogP contribution in [0.5, 0.6) is 0 Å². The number of hydrogen-bond donors (Lipinski definition) is 0. The molecule has 1 aliphatic rings. The van der Waals surface area contributed by atoms with E-state index in [-0.39, 0.29) is 0 Å². The number of aromatic nitrogens is 2. The second-order valence-corrected chi connectivity index (χ2v) is 6.88. The molecule has 0 N–H and O–H groups in total. The number of likely N-dealkylation sites (N-methyl/N-ethyl adjacent to an activating group) is 1. The predicted molar refractivity (Wildman–Crippen MR) is 79.3 cm³/mol. The standard InChI is InChI=1S/C13H21BrClN3/c1-9-10(4-5-12(9)15)13-11(14)8-16-18(13)7-6-17(2)3/h8-10,12H,4-7H2,1-3H3. The van der Waals surface area contributed by atoms with Crippen molar-refractivity contribution in [2.75, 3.05) is 20.6 Å². The Bertz CT molecular complexity index is 405. The van der Waals surface area contributed by atoms with Gasteiger partial charge in [-0.2, -0.15) is 5.10 Å². The van der Waals surface area contributed by atoms with E-state index in [1.165, 1.54) is 12.1 Å². The second kappa shape index (κ2) is 5.93. The molecule has 1 aliphatic carbocycles. The van der Waals surface area contributed by atoms with Gasteiger partial charge in [0.15, 0.2) is 0 Å². The second-order valence-electron chi connectivity index (χ2n) is 5.46. The molecule has 0 spiro atoms. The molecule has 1 fully saturated rings. The summed E-state index contributed by atoms with van der Waals surface area (Å²) in [5.41, 5.74) is 1.33. The average molecular weight is 335 g/mol. The normalized spacial score (nSPS) is 28.2. The Morgan fingerprint density at radius 2 is 2.22 bits per heavy atom. The quantitative estimate of drug-likeness (QED) is 0.788. The number of alkyl halides is 1. The van der Waals surface area contributed by atoms with Gasteiger partial charge in [-0.05, 0) is 48.8 Å². The number of rotatable bonds is 4. The monoisotopic (exact) mass is 333 g/mol. The third-order valence-corrected chi connectivity index (χ3v) is 5.13. The first kappa shape index (κ1) is 14.4. The Balaban J connectivity index is 2.18. The summed E-state index contributed by atoms with van der Waals surface area (Å²) in [6.45, 7) is 4.20. The van der Waals surface area contributed by atoms with Gasteiger partial charge in [-0.1, -0.05) is 6.92 Å². The van der Waals surface area contributed by atoms with Gasteiger partial charge < -0.3 is 4.90 Å². The van der Waals surface area contributed by atoms with Gasteiger partial charge in [-0.25, -0.2) is 0 Å². The lowest BCUT2D eigenvalue weighted by atomic mass is 9.94. The molecule has 5 heteroatoms. The van der Waals surface area contributed by atoms with E-state index in [9.17, 15) is 0 Å². The van der Waals surface area contributed by atoms with Crippen LogP contribution in [0.1, 0.15) is 31.4 Å². The molecule has 102 valence electrons. The Morgan fingerprint density at radius 3 is 2.78 bits per heavy atom. The van der Waals surface area contributed by atoms with Gasteiger partial charge in [0.05, 0.1) is 22.9 Å². The highest BCUT2D eigenvalue weighted by atomic mass is 79.9. The predicted octanol–water partition coefficient (Wildman–Crippen LogP) is 3.33. The van der Waals surface area contributed by atoms with Crippen molar-refractivity contribution in [1.82, 2.24) is 14.7 Å². The molecule has 3 nitrogen and oxygen atoms in total. The molecule has 1 aromatic rings. The molecule has 18 heavy (non-hydrogen) atoms. The molecule has 0 aliphatic heterocycles. The van der Waals surface area contributed by atoms with Gasteiger partial charge in [0.2, 0.25) is 0 Å². The molecule has 1 saturated carbocycles. The molecule has 0 amide bonds. The zero-order chi connectivity index (χ0) is 13.3. The first-order chi connectivity index (χ1) is 8.50. The highest BCUT2D eigenvalue weighted by Gasteiger charge is 2.35. The highest BCUT2D eigenvalue weighted by Crippen LogP contribution is 2.44. The van der Waals surface area contributed by atoms with Crippen LogP contribution in [-0.2, 0) is 6.54 Å². The summed E-state index contributed by atoms with van der Waals surface area (Å²) in [6.07, 6.45) is 4.19. The summed E-state index contributed by atoms with van der Waals surface area (Å²) in [4.78, 5) is 2.18. The highest BCUT2D eigenvalue weighted by molar-refractivity contribution is 9.10. The third-order valence-electron chi connectivity index (χ3n) is 3.90. The van der Waals surface area contributed by atoms with Gasteiger partial charge >= 0.3 is 0 Å². The Labute approximate surface area is 123 Å². The minimum atomic E-state index is 0.305. The Kier molecular flexibility index (Phi) is 4.73. The van der Waals surface area contributed by atoms with Gasteiger partial charge in [-0.15, -0.1) is 11.6 Å². The molecule has 0 saturated heterocycles. The van der Waals surface area contributed by atoms with E-state index >= 15 is 0 Å². The Morgan fingerprint density at radius 1 is 1.50 bits per heavy atom. The molecule has 3 atom stereocenters. The average Bonchev–Trinajstić information content (AvgIpc) is 2.82. The minimum Gasteiger partial charge on any atom is -0.308 e. The van der Waals surface area contributed by atoms with Crippen molar-refractivity contribution in [3.63, 3.8) is 0 Å². The van der Waals surface area contributed by atoms with E-state index in [0.717, 1.165) is 24.0 Å². The van der Waals surface area contributed by atoms with E-state index in [0.29, 0.717) is 17.2 Å². The molecule has 1 heterocycles. The molecule has 0 bridgehead atoms. The van der Waals surface area contributed by atoms with Gasteiger partial charge in [-0.3, -0.25) is 4.68 Å². The number of nitrogens with zero attached hydrogens (tertiary/aromatic N) is 3. The van der Waals surface area contributed by atoms with Crippen molar-refractivity contribution >= 4 is 27.5 Å². The summed E-state index contributed by atoms with van der Waals surface area (Å²) < 4.78 is 3.27.